The van der Waals surface area contributed by atoms with E-state index in [2.05, 4.69) is 11.9 Å². The smallest absolute Gasteiger partial charge is 0.383 e. The van der Waals surface area contributed by atoms with E-state index in [0.29, 0.717) is 13.0 Å². The standard InChI is InChI=1S/C11H11ClF3N/c1-2-3-7-16-10-8(11(13,14)15)5-4-6-9(10)12/h2,4-6,16H,1,3,7H2. The summed E-state index contributed by atoms with van der Waals surface area (Å²) >= 11 is 5.73. The van der Waals surface area contributed by atoms with Gasteiger partial charge >= 0.3 is 6.18 Å². The van der Waals surface area contributed by atoms with Crippen molar-refractivity contribution in [3.63, 3.8) is 0 Å². The van der Waals surface area contributed by atoms with Gasteiger partial charge in [0.1, 0.15) is 0 Å². The second kappa shape index (κ2) is 5.25. The Morgan fingerprint density at radius 2 is 2.06 bits per heavy atom. The average Bonchev–Trinajstić information content (AvgIpc) is 2.19. The number of alkyl halides is 3. The third-order valence-corrected chi connectivity index (χ3v) is 2.28. The maximum absolute atomic E-state index is 12.6. The van der Waals surface area contributed by atoms with E-state index in [-0.39, 0.29) is 10.7 Å². The Labute approximate surface area is 96.9 Å². The molecule has 0 heterocycles. The predicted octanol–water partition coefficient (Wildman–Crippen LogP) is 4.35. The molecule has 0 aliphatic heterocycles. The number of hydrogen-bond acceptors (Lipinski definition) is 1. The molecule has 0 unspecified atom stereocenters. The molecule has 0 spiro atoms. The van der Waals surface area contributed by atoms with Crippen LogP contribution in [0, 0.1) is 0 Å². The lowest BCUT2D eigenvalue weighted by molar-refractivity contribution is -0.136. The van der Waals surface area contributed by atoms with Gasteiger partial charge in [0.15, 0.2) is 0 Å². The fraction of sp³-hybridized carbons (Fsp3) is 0.273. The molecule has 0 fully saturated rings. The normalized spacial score (nSPS) is 11.2. The van der Waals surface area contributed by atoms with Crippen molar-refractivity contribution in [3.8, 4) is 0 Å². The van der Waals surface area contributed by atoms with E-state index in [9.17, 15) is 13.2 Å². The van der Waals surface area contributed by atoms with Crippen LogP contribution >= 0.6 is 11.6 Å². The Hall–Kier alpha value is -1.16. The third kappa shape index (κ3) is 3.17. The molecule has 0 atom stereocenters. The topological polar surface area (TPSA) is 12.0 Å². The van der Waals surface area contributed by atoms with Gasteiger partial charge in [0.05, 0.1) is 16.3 Å². The predicted molar refractivity (Wildman–Crippen MR) is 59.8 cm³/mol. The van der Waals surface area contributed by atoms with Gasteiger partial charge in [-0.2, -0.15) is 13.2 Å². The number of anilines is 1. The van der Waals surface area contributed by atoms with Crippen LogP contribution in [0.25, 0.3) is 0 Å². The molecule has 5 heteroatoms. The molecule has 0 saturated carbocycles. The summed E-state index contributed by atoms with van der Waals surface area (Å²) in [5, 5.41) is 2.73. The van der Waals surface area contributed by atoms with Crippen molar-refractivity contribution in [1.82, 2.24) is 0 Å². The lowest BCUT2D eigenvalue weighted by Gasteiger charge is -2.15. The lowest BCUT2D eigenvalue weighted by Crippen LogP contribution is -2.11. The maximum Gasteiger partial charge on any atom is 0.418 e. The molecule has 0 amide bonds. The van der Waals surface area contributed by atoms with Crippen LogP contribution in [-0.2, 0) is 6.18 Å². The van der Waals surface area contributed by atoms with Crippen LogP contribution in [0.4, 0.5) is 18.9 Å². The highest BCUT2D eigenvalue weighted by Crippen LogP contribution is 2.38. The summed E-state index contributed by atoms with van der Waals surface area (Å²) in [6.45, 7) is 3.86. The van der Waals surface area contributed by atoms with Crippen LogP contribution in [-0.4, -0.2) is 6.54 Å². The molecular weight excluding hydrogens is 239 g/mol. The van der Waals surface area contributed by atoms with Crippen LogP contribution in [0.1, 0.15) is 12.0 Å². The summed E-state index contributed by atoms with van der Waals surface area (Å²) < 4.78 is 37.9. The Morgan fingerprint density at radius 3 is 2.62 bits per heavy atom. The van der Waals surface area contributed by atoms with Gasteiger partial charge < -0.3 is 5.32 Å². The van der Waals surface area contributed by atoms with E-state index in [0.717, 1.165) is 6.07 Å². The highest BCUT2D eigenvalue weighted by molar-refractivity contribution is 6.33. The molecule has 1 aromatic rings. The first-order chi connectivity index (χ1) is 7.46. The van der Waals surface area contributed by atoms with Crippen LogP contribution in [0.2, 0.25) is 5.02 Å². The summed E-state index contributed by atoms with van der Waals surface area (Å²) in [6.07, 6.45) is -2.21. The number of nitrogens with one attached hydrogen (secondary N) is 1. The zero-order valence-electron chi connectivity index (χ0n) is 8.44. The number of hydrogen-bond donors (Lipinski definition) is 1. The molecule has 1 aromatic carbocycles. The molecule has 0 saturated heterocycles. The first-order valence-corrected chi connectivity index (χ1v) is 5.05. The quantitative estimate of drug-likeness (QED) is 0.618. The minimum Gasteiger partial charge on any atom is -0.383 e. The van der Waals surface area contributed by atoms with Crippen LogP contribution < -0.4 is 5.32 Å². The van der Waals surface area contributed by atoms with E-state index in [4.69, 9.17) is 11.6 Å². The minimum absolute atomic E-state index is 0.0684. The lowest BCUT2D eigenvalue weighted by atomic mass is 10.1. The monoisotopic (exact) mass is 249 g/mol. The summed E-state index contributed by atoms with van der Waals surface area (Å²) in [4.78, 5) is 0. The summed E-state index contributed by atoms with van der Waals surface area (Å²) in [7, 11) is 0. The van der Waals surface area contributed by atoms with E-state index in [1.165, 1.54) is 12.1 Å². The average molecular weight is 250 g/mol. The van der Waals surface area contributed by atoms with Gasteiger partial charge in [-0.05, 0) is 18.6 Å². The fourth-order valence-corrected chi connectivity index (χ4v) is 1.48. The third-order valence-electron chi connectivity index (χ3n) is 1.97. The van der Waals surface area contributed by atoms with E-state index < -0.39 is 11.7 Å². The molecule has 1 N–H and O–H groups in total. The summed E-state index contributed by atoms with van der Waals surface area (Å²) in [6, 6.07) is 3.71. The Morgan fingerprint density at radius 1 is 1.38 bits per heavy atom. The SMILES string of the molecule is C=CCCNc1c(Cl)cccc1C(F)(F)F. The van der Waals surface area contributed by atoms with Crippen LogP contribution in [0.15, 0.2) is 30.9 Å². The zero-order valence-corrected chi connectivity index (χ0v) is 9.20. The summed E-state index contributed by atoms with van der Waals surface area (Å²) in [5.74, 6) is 0. The molecule has 0 aliphatic rings. The van der Waals surface area contributed by atoms with Gasteiger partial charge in [0.2, 0.25) is 0 Å². The van der Waals surface area contributed by atoms with Crippen molar-refractivity contribution in [2.75, 3.05) is 11.9 Å². The second-order valence-electron chi connectivity index (χ2n) is 3.16. The Balaban J connectivity index is 2.99. The van der Waals surface area contributed by atoms with Crippen molar-refractivity contribution >= 4 is 17.3 Å². The van der Waals surface area contributed by atoms with Gasteiger partial charge in [-0.25, -0.2) is 0 Å². The van der Waals surface area contributed by atoms with E-state index in [1.54, 1.807) is 6.08 Å². The van der Waals surface area contributed by atoms with Gasteiger partial charge in [-0.15, -0.1) is 6.58 Å². The number of halogens is 4. The van der Waals surface area contributed by atoms with Crippen molar-refractivity contribution < 1.29 is 13.2 Å². The number of benzene rings is 1. The molecule has 0 radical (unpaired) electrons. The molecular formula is C11H11ClF3N. The van der Waals surface area contributed by atoms with Crippen LogP contribution in [0.3, 0.4) is 0 Å². The van der Waals surface area contributed by atoms with Gasteiger partial charge in [-0.3, -0.25) is 0 Å². The molecule has 1 rings (SSSR count). The van der Waals surface area contributed by atoms with Gasteiger partial charge in [0, 0.05) is 6.54 Å². The summed E-state index contributed by atoms with van der Waals surface area (Å²) in [5.41, 5.74) is -0.817. The van der Waals surface area contributed by atoms with Gasteiger partial charge in [-0.1, -0.05) is 23.7 Å². The molecule has 88 valence electrons. The van der Waals surface area contributed by atoms with Crippen molar-refractivity contribution in [2.24, 2.45) is 0 Å². The van der Waals surface area contributed by atoms with Crippen molar-refractivity contribution in [3.05, 3.63) is 41.4 Å². The second-order valence-corrected chi connectivity index (χ2v) is 3.57. The highest BCUT2D eigenvalue weighted by Gasteiger charge is 2.34. The van der Waals surface area contributed by atoms with E-state index in [1.807, 2.05) is 0 Å². The Kier molecular flexibility index (Phi) is 4.24. The zero-order chi connectivity index (χ0) is 12.2. The molecule has 1 nitrogen and oxygen atoms in total. The maximum atomic E-state index is 12.6. The first-order valence-electron chi connectivity index (χ1n) is 4.67. The minimum atomic E-state index is -4.40. The molecule has 0 bridgehead atoms. The van der Waals surface area contributed by atoms with Crippen molar-refractivity contribution in [1.29, 1.82) is 0 Å². The fourth-order valence-electron chi connectivity index (χ4n) is 1.24. The van der Waals surface area contributed by atoms with E-state index >= 15 is 0 Å². The molecule has 0 aromatic heterocycles. The molecule has 0 aliphatic carbocycles. The number of para-hydroxylation sites is 1. The largest absolute Gasteiger partial charge is 0.418 e. The highest BCUT2D eigenvalue weighted by atomic mass is 35.5. The molecule has 16 heavy (non-hydrogen) atoms. The Bertz CT molecular complexity index is 374. The number of rotatable bonds is 4. The first kappa shape index (κ1) is 12.9. The van der Waals surface area contributed by atoms with Crippen molar-refractivity contribution in [2.45, 2.75) is 12.6 Å². The van der Waals surface area contributed by atoms with Gasteiger partial charge in [0.25, 0.3) is 0 Å². The van der Waals surface area contributed by atoms with Crippen LogP contribution in [0.5, 0.6) is 0 Å².